The molecule has 0 heterocycles. The van der Waals surface area contributed by atoms with Crippen LogP contribution in [0, 0.1) is 0 Å². The van der Waals surface area contributed by atoms with Gasteiger partial charge < -0.3 is 25.7 Å². The zero-order valence-corrected chi connectivity index (χ0v) is 11.5. The highest BCUT2D eigenvalue weighted by molar-refractivity contribution is 5.99. The van der Waals surface area contributed by atoms with Crippen LogP contribution in [0.25, 0.3) is 0 Å². The quantitative estimate of drug-likeness (QED) is 0.294. The molecule has 7 nitrogen and oxygen atoms in total. The average Bonchev–Trinajstić information content (AvgIpc) is 2.43. The van der Waals surface area contributed by atoms with Gasteiger partial charge in [-0.15, -0.1) is 0 Å². The van der Waals surface area contributed by atoms with Gasteiger partial charge in [-0.1, -0.05) is 17.3 Å². The Hall–Kier alpha value is -2.28. The van der Waals surface area contributed by atoms with Crippen LogP contribution in [0.2, 0.25) is 0 Å². The summed E-state index contributed by atoms with van der Waals surface area (Å²) in [6.07, 6.45) is -0.603. The van der Waals surface area contributed by atoms with Crippen LogP contribution < -0.4 is 10.5 Å². The zero-order valence-electron chi connectivity index (χ0n) is 11.5. The Kier molecular flexibility index (Phi) is 5.79. The van der Waals surface area contributed by atoms with Gasteiger partial charge in [0.1, 0.15) is 5.75 Å². The molecule has 0 bridgehead atoms. The van der Waals surface area contributed by atoms with Gasteiger partial charge in [-0.3, -0.25) is 4.79 Å². The molecule has 0 aromatic heterocycles. The molecule has 0 aliphatic carbocycles. The number of oxime groups is 1. The van der Waals surface area contributed by atoms with Crippen molar-refractivity contribution in [1.29, 1.82) is 0 Å². The van der Waals surface area contributed by atoms with E-state index in [1.807, 2.05) is 0 Å². The van der Waals surface area contributed by atoms with Crippen molar-refractivity contribution in [1.82, 2.24) is 4.90 Å². The summed E-state index contributed by atoms with van der Waals surface area (Å²) in [7, 11) is 1.58. The molecule has 0 spiro atoms. The Morgan fingerprint density at radius 3 is 2.75 bits per heavy atom. The molecule has 1 atom stereocenters. The fraction of sp³-hybridized carbons (Fsp3) is 0.385. The molecule has 0 fully saturated rings. The van der Waals surface area contributed by atoms with Crippen LogP contribution in [-0.4, -0.2) is 53.3 Å². The summed E-state index contributed by atoms with van der Waals surface area (Å²) in [6, 6.07) is 6.67. The molecule has 1 aromatic carbocycles. The number of hydrogen-bond acceptors (Lipinski definition) is 5. The number of carbonyl (C=O) groups excluding carboxylic acids is 1. The molecule has 1 rings (SSSR count). The molecule has 7 heteroatoms. The van der Waals surface area contributed by atoms with Gasteiger partial charge in [-0.25, -0.2) is 0 Å². The van der Waals surface area contributed by atoms with E-state index < -0.39 is 6.10 Å². The van der Waals surface area contributed by atoms with Gasteiger partial charge in [0.05, 0.1) is 11.7 Å². The largest absolute Gasteiger partial charge is 0.483 e. The fourth-order valence-corrected chi connectivity index (χ4v) is 1.61. The summed E-state index contributed by atoms with van der Waals surface area (Å²) >= 11 is 0. The second kappa shape index (κ2) is 7.34. The van der Waals surface area contributed by atoms with E-state index >= 15 is 0 Å². The maximum absolute atomic E-state index is 11.8. The van der Waals surface area contributed by atoms with Gasteiger partial charge in [0.2, 0.25) is 0 Å². The third kappa shape index (κ3) is 4.43. The lowest BCUT2D eigenvalue weighted by Gasteiger charge is -2.19. The first kappa shape index (κ1) is 15.8. The third-order valence-corrected chi connectivity index (χ3v) is 2.59. The van der Waals surface area contributed by atoms with E-state index in [4.69, 9.17) is 15.7 Å². The molecule has 110 valence electrons. The molecule has 1 aromatic rings. The average molecular weight is 281 g/mol. The number of aliphatic hydroxyl groups is 1. The summed E-state index contributed by atoms with van der Waals surface area (Å²) in [6.45, 7) is 1.63. The van der Waals surface area contributed by atoms with Crippen molar-refractivity contribution in [3.8, 4) is 5.75 Å². The number of para-hydroxylation sites is 1. The summed E-state index contributed by atoms with van der Waals surface area (Å²) in [5.74, 6) is -0.0211. The van der Waals surface area contributed by atoms with Crippen molar-refractivity contribution in [3.63, 3.8) is 0 Å². The molecule has 4 N–H and O–H groups in total. The first-order valence-electron chi connectivity index (χ1n) is 6.07. The monoisotopic (exact) mass is 281 g/mol. The third-order valence-electron chi connectivity index (χ3n) is 2.59. The second-order valence-electron chi connectivity index (χ2n) is 4.39. The van der Waals surface area contributed by atoms with E-state index in [0.29, 0.717) is 11.3 Å². The predicted molar refractivity (Wildman–Crippen MR) is 73.8 cm³/mol. The van der Waals surface area contributed by atoms with Gasteiger partial charge in [0.15, 0.2) is 12.4 Å². The molecule has 1 unspecified atom stereocenters. The topological polar surface area (TPSA) is 108 Å². The van der Waals surface area contributed by atoms with Gasteiger partial charge in [0, 0.05) is 13.6 Å². The summed E-state index contributed by atoms with van der Waals surface area (Å²) < 4.78 is 5.38. The molecule has 0 aliphatic rings. The van der Waals surface area contributed by atoms with Gasteiger partial charge >= 0.3 is 0 Å². The van der Waals surface area contributed by atoms with Crippen LogP contribution in [0.4, 0.5) is 0 Å². The zero-order chi connectivity index (χ0) is 15.1. The highest BCUT2D eigenvalue weighted by Crippen LogP contribution is 2.17. The lowest BCUT2D eigenvalue weighted by molar-refractivity contribution is -0.133. The number of carbonyl (C=O) groups is 1. The van der Waals surface area contributed by atoms with Crippen LogP contribution in [-0.2, 0) is 4.79 Å². The maximum Gasteiger partial charge on any atom is 0.260 e. The summed E-state index contributed by atoms with van der Waals surface area (Å²) in [5, 5.41) is 20.8. The molecule has 0 radical (unpaired) electrons. The Bertz CT molecular complexity index is 488. The number of rotatable bonds is 6. The summed E-state index contributed by atoms with van der Waals surface area (Å²) in [5.41, 5.74) is 5.92. The number of hydrogen-bond donors (Lipinski definition) is 3. The summed E-state index contributed by atoms with van der Waals surface area (Å²) in [4.78, 5) is 13.2. The number of amides is 1. The van der Waals surface area contributed by atoms with Crippen molar-refractivity contribution in [2.45, 2.75) is 13.0 Å². The normalized spacial score (nSPS) is 12.8. The van der Waals surface area contributed by atoms with Crippen LogP contribution in [0.15, 0.2) is 29.4 Å². The minimum atomic E-state index is -0.603. The van der Waals surface area contributed by atoms with Crippen molar-refractivity contribution in [2.75, 3.05) is 20.2 Å². The molecule has 1 amide bonds. The first-order valence-corrected chi connectivity index (χ1v) is 6.07. The van der Waals surface area contributed by atoms with Crippen LogP contribution >= 0.6 is 0 Å². The van der Waals surface area contributed by atoms with Crippen molar-refractivity contribution >= 4 is 11.7 Å². The molecule has 20 heavy (non-hydrogen) atoms. The number of amidine groups is 1. The number of ether oxygens (including phenoxy) is 1. The minimum Gasteiger partial charge on any atom is -0.483 e. The number of likely N-dealkylation sites (N-methyl/N-ethyl adjacent to an activating group) is 1. The first-order chi connectivity index (χ1) is 9.45. The lowest BCUT2D eigenvalue weighted by Crippen LogP contribution is -2.36. The van der Waals surface area contributed by atoms with Gasteiger partial charge in [0.25, 0.3) is 5.91 Å². The van der Waals surface area contributed by atoms with E-state index in [1.165, 1.54) is 4.90 Å². The predicted octanol–water partition coefficient (Wildman–Crippen LogP) is -0.000900. The highest BCUT2D eigenvalue weighted by atomic mass is 16.5. The lowest BCUT2D eigenvalue weighted by atomic mass is 10.2. The Morgan fingerprint density at radius 1 is 1.50 bits per heavy atom. The molecular weight excluding hydrogens is 262 g/mol. The van der Waals surface area contributed by atoms with E-state index in [0.717, 1.165) is 0 Å². The Morgan fingerprint density at radius 2 is 2.15 bits per heavy atom. The van der Waals surface area contributed by atoms with E-state index in [-0.39, 0.29) is 24.9 Å². The van der Waals surface area contributed by atoms with Gasteiger partial charge in [-0.2, -0.15) is 0 Å². The number of nitrogens with zero attached hydrogens (tertiary/aromatic N) is 2. The van der Waals surface area contributed by atoms with Crippen molar-refractivity contribution in [2.24, 2.45) is 10.9 Å². The van der Waals surface area contributed by atoms with E-state index in [9.17, 15) is 9.90 Å². The number of nitrogens with two attached hydrogens (primary N) is 1. The van der Waals surface area contributed by atoms with Crippen molar-refractivity contribution < 1.29 is 19.8 Å². The number of benzene rings is 1. The number of aliphatic hydroxyl groups excluding tert-OH is 1. The van der Waals surface area contributed by atoms with Crippen LogP contribution in [0.3, 0.4) is 0 Å². The minimum absolute atomic E-state index is 0.0922. The maximum atomic E-state index is 11.8. The molecular formula is C13H19N3O4. The highest BCUT2D eigenvalue weighted by Gasteiger charge is 2.13. The Balaban J connectivity index is 2.69. The van der Waals surface area contributed by atoms with Crippen LogP contribution in [0.5, 0.6) is 5.75 Å². The second-order valence-corrected chi connectivity index (χ2v) is 4.39. The smallest absolute Gasteiger partial charge is 0.260 e. The van der Waals surface area contributed by atoms with Gasteiger partial charge in [-0.05, 0) is 19.1 Å². The standard InChI is InChI=1S/C13H19N3O4/c1-9(17)7-16(2)12(18)8-20-11-6-4-3-5-10(11)13(14)15-19/h3-6,9,17,19H,7-8H2,1-2H3,(H2,14,15). The molecule has 0 saturated heterocycles. The fourth-order valence-electron chi connectivity index (χ4n) is 1.61. The van der Waals surface area contributed by atoms with E-state index in [2.05, 4.69) is 5.16 Å². The van der Waals surface area contributed by atoms with Crippen molar-refractivity contribution in [3.05, 3.63) is 29.8 Å². The van der Waals surface area contributed by atoms with E-state index in [1.54, 1.807) is 38.2 Å². The molecule has 0 saturated carbocycles. The Labute approximate surface area is 117 Å². The molecule has 0 aliphatic heterocycles. The van der Waals surface area contributed by atoms with Crippen LogP contribution in [0.1, 0.15) is 12.5 Å². The SMILES string of the molecule is CC(O)CN(C)C(=O)COc1ccccc1C(N)=NO.